The number of nitrogens with zero attached hydrogens (tertiary/aromatic N) is 2. The van der Waals surface area contributed by atoms with Crippen LogP contribution >= 0.6 is 0 Å². The molecule has 1 saturated carbocycles. The molecule has 0 amide bonds. The fourth-order valence-electron chi connectivity index (χ4n) is 2.90. The Bertz CT molecular complexity index is 349. The molecule has 18 heavy (non-hydrogen) atoms. The molecule has 0 unspecified atom stereocenters. The summed E-state index contributed by atoms with van der Waals surface area (Å²) in [4.78, 5) is 0. The monoisotopic (exact) mass is 249 g/mol. The highest BCUT2D eigenvalue weighted by atomic mass is 15.3. The fraction of sp³-hybridized carbons (Fsp3) is 0.800. The van der Waals surface area contributed by atoms with Crippen LogP contribution in [0.15, 0.2) is 6.20 Å². The quantitative estimate of drug-likeness (QED) is 0.638. The van der Waals surface area contributed by atoms with Gasteiger partial charge in [-0.2, -0.15) is 5.10 Å². The van der Waals surface area contributed by atoms with Crippen molar-refractivity contribution in [2.75, 3.05) is 6.54 Å². The zero-order chi connectivity index (χ0) is 12.8. The fourth-order valence-corrected chi connectivity index (χ4v) is 2.90. The van der Waals surface area contributed by atoms with Gasteiger partial charge in [0.15, 0.2) is 0 Å². The molecule has 1 fully saturated rings. The molecule has 1 aliphatic carbocycles. The molecule has 0 aromatic carbocycles. The van der Waals surface area contributed by atoms with Gasteiger partial charge in [0.05, 0.1) is 12.2 Å². The molecule has 1 N–H and O–H groups in total. The Hall–Kier alpha value is -0.830. The van der Waals surface area contributed by atoms with Crippen LogP contribution in [0.25, 0.3) is 0 Å². The summed E-state index contributed by atoms with van der Waals surface area (Å²) in [6.45, 7) is 6.48. The molecule has 0 radical (unpaired) electrons. The van der Waals surface area contributed by atoms with E-state index in [2.05, 4.69) is 35.1 Å². The maximum Gasteiger partial charge on any atom is 0.0537 e. The van der Waals surface area contributed by atoms with E-state index < -0.39 is 0 Å². The Balaban J connectivity index is 1.99. The van der Waals surface area contributed by atoms with Gasteiger partial charge in [-0.15, -0.1) is 0 Å². The second kappa shape index (κ2) is 6.93. The standard InChI is InChI=1S/C15H27N3/c1-3-10-16-11-14-12-17-18(13(14)2)15-8-6-4-5-7-9-15/h12,15-16H,3-11H2,1-2H3. The van der Waals surface area contributed by atoms with Gasteiger partial charge in [0, 0.05) is 17.8 Å². The minimum absolute atomic E-state index is 0.646. The normalized spacial score (nSPS) is 17.9. The molecule has 0 bridgehead atoms. The smallest absolute Gasteiger partial charge is 0.0537 e. The number of aromatic nitrogens is 2. The molecule has 1 heterocycles. The summed E-state index contributed by atoms with van der Waals surface area (Å²) in [6.07, 6.45) is 11.4. The molecule has 0 atom stereocenters. The summed E-state index contributed by atoms with van der Waals surface area (Å²) in [5.41, 5.74) is 2.73. The van der Waals surface area contributed by atoms with Crippen LogP contribution in [0.1, 0.15) is 69.2 Å². The highest BCUT2D eigenvalue weighted by Crippen LogP contribution is 2.28. The number of hydrogen-bond donors (Lipinski definition) is 1. The maximum atomic E-state index is 4.64. The summed E-state index contributed by atoms with van der Waals surface area (Å²) in [5.74, 6) is 0. The number of rotatable bonds is 5. The first-order valence-corrected chi connectivity index (χ1v) is 7.56. The van der Waals surface area contributed by atoms with Gasteiger partial charge in [-0.1, -0.05) is 32.6 Å². The molecule has 0 aliphatic heterocycles. The molecule has 1 aliphatic rings. The Morgan fingerprint density at radius 1 is 1.28 bits per heavy atom. The SMILES string of the molecule is CCCNCc1cnn(C2CCCCCC2)c1C. The van der Waals surface area contributed by atoms with E-state index in [1.165, 1.54) is 56.2 Å². The average molecular weight is 249 g/mol. The second-order valence-electron chi connectivity index (χ2n) is 5.52. The number of nitrogens with one attached hydrogen (secondary N) is 1. The highest BCUT2D eigenvalue weighted by molar-refractivity contribution is 5.16. The van der Waals surface area contributed by atoms with E-state index in [0.29, 0.717) is 6.04 Å². The molecule has 3 nitrogen and oxygen atoms in total. The van der Waals surface area contributed by atoms with Gasteiger partial charge in [0.1, 0.15) is 0 Å². The molecule has 102 valence electrons. The van der Waals surface area contributed by atoms with Gasteiger partial charge >= 0.3 is 0 Å². The first-order chi connectivity index (χ1) is 8.83. The molecule has 0 saturated heterocycles. The summed E-state index contributed by atoms with van der Waals surface area (Å²) in [7, 11) is 0. The van der Waals surface area contributed by atoms with Crippen molar-refractivity contribution in [3.05, 3.63) is 17.5 Å². The van der Waals surface area contributed by atoms with Crippen LogP contribution < -0.4 is 5.32 Å². The van der Waals surface area contributed by atoms with E-state index in [9.17, 15) is 0 Å². The van der Waals surface area contributed by atoms with Crippen molar-refractivity contribution in [2.24, 2.45) is 0 Å². The van der Waals surface area contributed by atoms with E-state index in [1.54, 1.807) is 0 Å². The predicted molar refractivity (Wildman–Crippen MR) is 75.7 cm³/mol. The van der Waals surface area contributed by atoms with Crippen molar-refractivity contribution < 1.29 is 0 Å². The highest BCUT2D eigenvalue weighted by Gasteiger charge is 2.17. The predicted octanol–water partition coefficient (Wildman–Crippen LogP) is 3.59. The van der Waals surface area contributed by atoms with Crippen molar-refractivity contribution in [3.8, 4) is 0 Å². The van der Waals surface area contributed by atoms with Gasteiger partial charge in [0.2, 0.25) is 0 Å². The van der Waals surface area contributed by atoms with Crippen LogP contribution in [0.3, 0.4) is 0 Å². The third-order valence-corrected chi connectivity index (χ3v) is 4.06. The van der Waals surface area contributed by atoms with Gasteiger partial charge < -0.3 is 5.32 Å². The Morgan fingerprint density at radius 3 is 2.67 bits per heavy atom. The molecule has 3 heteroatoms. The molecule has 1 aromatic heterocycles. The minimum Gasteiger partial charge on any atom is -0.313 e. The van der Waals surface area contributed by atoms with Gasteiger partial charge in [0.25, 0.3) is 0 Å². The van der Waals surface area contributed by atoms with E-state index in [4.69, 9.17) is 0 Å². The zero-order valence-corrected chi connectivity index (χ0v) is 11.9. The van der Waals surface area contributed by atoms with Crippen molar-refractivity contribution in [1.82, 2.24) is 15.1 Å². The Kier molecular flexibility index (Phi) is 5.24. The third kappa shape index (κ3) is 3.35. The summed E-state index contributed by atoms with van der Waals surface area (Å²) < 4.78 is 2.29. The topological polar surface area (TPSA) is 29.9 Å². The van der Waals surface area contributed by atoms with Crippen LogP contribution in [-0.4, -0.2) is 16.3 Å². The largest absolute Gasteiger partial charge is 0.313 e. The van der Waals surface area contributed by atoms with Crippen LogP contribution in [0, 0.1) is 6.92 Å². The first-order valence-electron chi connectivity index (χ1n) is 7.56. The lowest BCUT2D eigenvalue weighted by molar-refractivity contribution is 0.397. The summed E-state index contributed by atoms with van der Waals surface area (Å²) >= 11 is 0. The first kappa shape index (κ1) is 13.6. The van der Waals surface area contributed by atoms with Gasteiger partial charge in [-0.25, -0.2) is 0 Å². The van der Waals surface area contributed by atoms with Gasteiger partial charge in [-0.3, -0.25) is 4.68 Å². The van der Waals surface area contributed by atoms with E-state index in [1.807, 2.05) is 0 Å². The summed E-state index contributed by atoms with van der Waals surface area (Å²) in [6, 6.07) is 0.646. The van der Waals surface area contributed by atoms with E-state index in [-0.39, 0.29) is 0 Å². The lowest BCUT2D eigenvalue weighted by atomic mass is 10.1. The van der Waals surface area contributed by atoms with Crippen molar-refractivity contribution in [1.29, 1.82) is 0 Å². The Labute approximate surface area is 111 Å². The van der Waals surface area contributed by atoms with Crippen LogP contribution in [0.4, 0.5) is 0 Å². The summed E-state index contributed by atoms with van der Waals surface area (Å²) in [5, 5.41) is 8.10. The molecular weight excluding hydrogens is 222 g/mol. The lowest BCUT2D eigenvalue weighted by Crippen LogP contribution is -2.15. The molecule has 1 aromatic rings. The van der Waals surface area contributed by atoms with Crippen molar-refractivity contribution in [3.63, 3.8) is 0 Å². The van der Waals surface area contributed by atoms with Crippen molar-refractivity contribution in [2.45, 2.75) is 71.4 Å². The van der Waals surface area contributed by atoms with Crippen LogP contribution in [-0.2, 0) is 6.54 Å². The average Bonchev–Trinajstić information content (AvgIpc) is 2.60. The lowest BCUT2D eigenvalue weighted by Gasteiger charge is -2.17. The van der Waals surface area contributed by atoms with Crippen LogP contribution in [0.5, 0.6) is 0 Å². The number of hydrogen-bond acceptors (Lipinski definition) is 2. The third-order valence-electron chi connectivity index (χ3n) is 4.06. The maximum absolute atomic E-state index is 4.64. The molecule has 0 spiro atoms. The van der Waals surface area contributed by atoms with Crippen LogP contribution in [0.2, 0.25) is 0 Å². The molecule has 2 rings (SSSR count). The zero-order valence-electron chi connectivity index (χ0n) is 11.9. The van der Waals surface area contributed by atoms with Gasteiger partial charge in [-0.05, 0) is 32.7 Å². The minimum atomic E-state index is 0.646. The van der Waals surface area contributed by atoms with E-state index >= 15 is 0 Å². The second-order valence-corrected chi connectivity index (χ2v) is 5.52. The van der Waals surface area contributed by atoms with Crippen molar-refractivity contribution >= 4 is 0 Å². The van der Waals surface area contributed by atoms with E-state index in [0.717, 1.165) is 13.1 Å². The molecular formula is C15H27N3. The Morgan fingerprint density at radius 2 is 2.00 bits per heavy atom.